The van der Waals surface area contributed by atoms with E-state index in [4.69, 9.17) is 5.26 Å². The molecule has 0 aromatic carbocycles. The quantitative estimate of drug-likeness (QED) is 0.764. The van der Waals surface area contributed by atoms with E-state index in [1.807, 2.05) is 0 Å². The van der Waals surface area contributed by atoms with Gasteiger partial charge in [-0.05, 0) is 20.3 Å². The minimum absolute atomic E-state index is 0.357. The van der Waals surface area contributed by atoms with Gasteiger partial charge >= 0.3 is 0 Å². The molecule has 5 heteroatoms. The van der Waals surface area contributed by atoms with E-state index in [1.165, 1.54) is 11.5 Å². The SMILES string of the molecule is CCCc1nsc(N(CCC#N)C(C)C)n1. The van der Waals surface area contributed by atoms with E-state index in [0.717, 1.165) is 30.3 Å². The highest BCUT2D eigenvalue weighted by Crippen LogP contribution is 2.20. The smallest absolute Gasteiger partial charge is 0.205 e. The van der Waals surface area contributed by atoms with Crippen LogP contribution in [0, 0.1) is 11.3 Å². The zero-order valence-electron chi connectivity index (χ0n) is 10.1. The van der Waals surface area contributed by atoms with E-state index in [1.54, 1.807) is 0 Å². The fourth-order valence-electron chi connectivity index (χ4n) is 1.43. The maximum atomic E-state index is 8.62. The molecule has 0 aliphatic rings. The number of aryl methyl sites for hydroxylation is 1. The van der Waals surface area contributed by atoms with E-state index in [9.17, 15) is 0 Å². The van der Waals surface area contributed by atoms with Crippen molar-refractivity contribution in [1.29, 1.82) is 5.26 Å². The van der Waals surface area contributed by atoms with Gasteiger partial charge in [0.2, 0.25) is 5.13 Å². The first-order valence-electron chi connectivity index (χ1n) is 5.65. The van der Waals surface area contributed by atoms with Crippen molar-refractivity contribution in [3.63, 3.8) is 0 Å². The van der Waals surface area contributed by atoms with Gasteiger partial charge in [-0.15, -0.1) is 0 Å². The maximum Gasteiger partial charge on any atom is 0.205 e. The molecule has 0 fully saturated rings. The Balaban J connectivity index is 2.72. The summed E-state index contributed by atoms with van der Waals surface area (Å²) >= 11 is 1.43. The summed E-state index contributed by atoms with van der Waals surface area (Å²) in [5.74, 6) is 0.921. The van der Waals surface area contributed by atoms with E-state index in [-0.39, 0.29) is 0 Å². The number of aromatic nitrogens is 2. The Morgan fingerprint density at radius 2 is 2.25 bits per heavy atom. The molecule has 0 radical (unpaired) electrons. The summed E-state index contributed by atoms with van der Waals surface area (Å²) in [5, 5.41) is 9.56. The Morgan fingerprint density at radius 3 is 2.81 bits per heavy atom. The molecular formula is C11H18N4S. The summed E-state index contributed by atoms with van der Waals surface area (Å²) in [7, 11) is 0. The van der Waals surface area contributed by atoms with Crippen molar-refractivity contribution in [3.8, 4) is 6.07 Å². The normalized spacial score (nSPS) is 10.4. The van der Waals surface area contributed by atoms with Gasteiger partial charge in [0.15, 0.2) is 0 Å². The molecular weight excluding hydrogens is 220 g/mol. The largest absolute Gasteiger partial charge is 0.343 e. The monoisotopic (exact) mass is 238 g/mol. The Kier molecular flexibility index (Phi) is 5.20. The van der Waals surface area contributed by atoms with Crippen LogP contribution in [0.2, 0.25) is 0 Å². The molecule has 16 heavy (non-hydrogen) atoms. The van der Waals surface area contributed by atoms with Crippen molar-refractivity contribution in [1.82, 2.24) is 9.36 Å². The number of nitriles is 1. The van der Waals surface area contributed by atoms with Crippen LogP contribution in [0.25, 0.3) is 0 Å². The van der Waals surface area contributed by atoms with Crippen molar-refractivity contribution in [2.75, 3.05) is 11.4 Å². The number of rotatable bonds is 6. The first kappa shape index (κ1) is 12.9. The summed E-state index contributed by atoms with van der Waals surface area (Å²) in [5.41, 5.74) is 0. The van der Waals surface area contributed by atoms with Crippen molar-refractivity contribution in [2.45, 2.75) is 46.1 Å². The molecule has 0 spiro atoms. The van der Waals surface area contributed by atoms with Crippen molar-refractivity contribution >= 4 is 16.7 Å². The average Bonchev–Trinajstić information content (AvgIpc) is 2.67. The summed E-state index contributed by atoms with van der Waals surface area (Å²) in [6, 6.07) is 2.53. The van der Waals surface area contributed by atoms with Gasteiger partial charge in [0, 0.05) is 30.5 Å². The third-order valence-electron chi connectivity index (χ3n) is 2.26. The highest BCUT2D eigenvalue weighted by atomic mass is 32.1. The van der Waals surface area contributed by atoms with Crippen LogP contribution in [0.1, 0.15) is 39.4 Å². The molecule has 0 unspecified atom stereocenters. The Morgan fingerprint density at radius 1 is 1.50 bits per heavy atom. The molecule has 0 aliphatic heterocycles. The van der Waals surface area contributed by atoms with Crippen LogP contribution < -0.4 is 4.90 Å². The third-order valence-corrected chi connectivity index (χ3v) is 3.06. The molecule has 1 rings (SSSR count). The predicted molar refractivity (Wildman–Crippen MR) is 66.6 cm³/mol. The lowest BCUT2D eigenvalue weighted by molar-refractivity contribution is 0.682. The molecule has 0 bridgehead atoms. The number of hydrogen-bond acceptors (Lipinski definition) is 5. The molecule has 88 valence electrons. The van der Waals surface area contributed by atoms with Gasteiger partial charge < -0.3 is 4.90 Å². The molecule has 0 aliphatic carbocycles. The lowest BCUT2D eigenvalue weighted by atomic mass is 10.3. The molecule has 0 amide bonds. The van der Waals surface area contributed by atoms with E-state index < -0.39 is 0 Å². The van der Waals surface area contributed by atoms with Gasteiger partial charge in [-0.1, -0.05) is 6.92 Å². The van der Waals surface area contributed by atoms with Crippen LogP contribution in [-0.2, 0) is 6.42 Å². The first-order valence-corrected chi connectivity index (χ1v) is 6.42. The predicted octanol–water partition coefficient (Wildman–Crippen LogP) is 2.62. The van der Waals surface area contributed by atoms with Gasteiger partial charge in [-0.2, -0.15) is 9.64 Å². The lowest BCUT2D eigenvalue weighted by Gasteiger charge is -2.24. The Labute approximate surface area is 101 Å². The molecule has 0 atom stereocenters. The fourth-order valence-corrected chi connectivity index (χ4v) is 2.30. The summed E-state index contributed by atoms with van der Waals surface area (Å²) < 4.78 is 4.32. The Bertz CT molecular complexity index is 353. The molecule has 0 N–H and O–H groups in total. The zero-order valence-corrected chi connectivity index (χ0v) is 10.9. The summed E-state index contributed by atoms with van der Waals surface area (Å²) in [6.45, 7) is 7.07. The van der Waals surface area contributed by atoms with Crippen LogP contribution in [-0.4, -0.2) is 21.9 Å². The highest BCUT2D eigenvalue weighted by Gasteiger charge is 2.14. The maximum absolute atomic E-state index is 8.62. The molecule has 0 saturated carbocycles. The van der Waals surface area contributed by atoms with Gasteiger partial charge in [0.25, 0.3) is 0 Å². The van der Waals surface area contributed by atoms with E-state index in [2.05, 4.69) is 41.1 Å². The molecule has 4 nitrogen and oxygen atoms in total. The topological polar surface area (TPSA) is 52.8 Å². The average molecular weight is 238 g/mol. The van der Waals surface area contributed by atoms with Crippen molar-refractivity contribution in [2.24, 2.45) is 0 Å². The molecule has 1 heterocycles. The second-order valence-electron chi connectivity index (χ2n) is 3.94. The third kappa shape index (κ3) is 3.46. The summed E-state index contributed by atoms with van der Waals surface area (Å²) in [4.78, 5) is 6.64. The van der Waals surface area contributed by atoms with E-state index in [0.29, 0.717) is 12.5 Å². The van der Waals surface area contributed by atoms with Crippen LogP contribution in [0.3, 0.4) is 0 Å². The van der Waals surface area contributed by atoms with Crippen LogP contribution in [0.4, 0.5) is 5.13 Å². The fraction of sp³-hybridized carbons (Fsp3) is 0.727. The van der Waals surface area contributed by atoms with Crippen molar-refractivity contribution in [3.05, 3.63) is 5.82 Å². The van der Waals surface area contributed by atoms with Gasteiger partial charge in [0.1, 0.15) is 5.82 Å². The molecule has 0 saturated heterocycles. The first-order chi connectivity index (χ1) is 7.69. The van der Waals surface area contributed by atoms with Gasteiger partial charge in [0.05, 0.1) is 12.5 Å². The molecule has 1 aromatic rings. The number of hydrogen-bond donors (Lipinski definition) is 0. The van der Waals surface area contributed by atoms with Gasteiger partial charge in [-0.25, -0.2) is 4.98 Å². The van der Waals surface area contributed by atoms with Crippen LogP contribution >= 0.6 is 11.5 Å². The standard InChI is InChI=1S/C11H18N4S/c1-4-6-10-13-11(16-14-10)15(9(2)3)8-5-7-12/h9H,4-6,8H2,1-3H3. The number of nitrogens with zero attached hydrogens (tertiary/aromatic N) is 4. The van der Waals surface area contributed by atoms with Crippen LogP contribution in [0.5, 0.6) is 0 Å². The summed E-state index contributed by atoms with van der Waals surface area (Å²) in [6.07, 6.45) is 2.53. The van der Waals surface area contributed by atoms with Crippen molar-refractivity contribution < 1.29 is 0 Å². The van der Waals surface area contributed by atoms with Gasteiger partial charge in [-0.3, -0.25) is 0 Å². The minimum Gasteiger partial charge on any atom is -0.343 e. The minimum atomic E-state index is 0.357. The zero-order chi connectivity index (χ0) is 12.0. The second-order valence-corrected chi connectivity index (χ2v) is 4.67. The second kappa shape index (κ2) is 6.44. The lowest BCUT2D eigenvalue weighted by Crippen LogP contribution is -2.31. The van der Waals surface area contributed by atoms with Crippen LogP contribution in [0.15, 0.2) is 0 Å². The molecule has 1 aromatic heterocycles. The van der Waals surface area contributed by atoms with E-state index >= 15 is 0 Å². The Hall–Kier alpha value is -1.15. The highest BCUT2D eigenvalue weighted by molar-refractivity contribution is 7.09. The number of anilines is 1.